The van der Waals surface area contributed by atoms with Crippen molar-refractivity contribution in [2.75, 3.05) is 0 Å². The molecule has 0 saturated heterocycles. The fourth-order valence-corrected chi connectivity index (χ4v) is 2.82. The monoisotopic (exact) mass is 152 g/mol. The van der Waals surface area contributed by atoms with Crippen molar-refractivity contribution in [2.24, 2.45) is 17.3 Å². The van der Waals surface area contributed by atoms with E-state index in [-0.39, 0.29) is 0 Å². The zero-order chi connectivity index (χ0) is 7.90. The molecule has 0 aliphatic heterocycles. The van der Waals surface area contributed by atoms with Crippen LogP contribution in [-0.2, 0) is 0 Å². The molecule has 0 radical (unpaired) electrons. The fraction of sp³-hybridized carbons (Fsp3) is 1.00. The molecule has 0 atom stereocenters. The van der Waals surface area contributed by atoms with Gasteiger partial charge in [0.05, 0.1) is 0 Å². The van der Waals surface area contributed by atoms with Crippen LogP contribution in [0, 0.1) is 17.3 Å². The summed E-state index contributed by atoms with van der Waals surface area (Å²) in [6.45, 7) is 4.66. The average Bonchev–Trinajstić information content (AvgIpc) is 2.72. The molecular formula is C11H20. The molecule has 2 fully saturated rings. The lowest BCUT2D eigenvalue weighted by molar-refractivity contribution is 0.330. The van der Waals surface area contributed by atoms with Crippen LogP contribution in [-0.4, -0.2) is 0 Å². The number of hydrogen-bond donors (Lipinski definition) is 0. The van der Waals surface area contributed by atoms with Crippen molar-refractivity contribution >= 4 is 0 Å². The Morgan fingerprint density at radius 2 is 1.64 bits per heavy atom. The van der Waals surface area contributed by atoms with Gasteiger partial charge in [-0.15, -0.1) is 0 Å². The fourth-order valence-electron chi connectivity index (χ4n) is 2.82. The number of hydrogen-bond acceptors (Lipinski definition) is 0. The molecule has 2 rings (SSSR count). The first-order valence-corrected chi connectivity index (χ1v) is 5.33. The third kappa shape index (κ3) is 1.11. The van der Waals surface area contributed by atoms with Crippen LogP contribution < -0.4 is 0 Å². The third-order valence-electron chi connectivity index (χ3n) is 3.83. The lowest BCUT2D eigenvalue weighted by atomic mass is 9.88. The molecule has 2 aliphatic rings. The van der Waals surface area contributed by atoms with E-state index in [0.717, 1.165) is 11.3 Å². The Bertz CT molecular complexity index is 136. The Kier molecular flexibility index (Phi) is 1.74. The molecule has 0 amide bonds. The van der Waals surface area contributed by atoms with Gasteiger partial charge in [0.25, 0.3) is 0 Å². The highest BCUT2D eigenvalue weighted by molar-refractivity contribution is 5.20. The summed E-state index contributed by atoms with van der Waals surface area (Å²) in [6, 6.07) is 0. The van der Waals surface area contributed by atoms with Crippen LogP contribution in [0.2, 0.25) is 0 Å². The molecule has 0 bridgehead atoms. The Balaban J connectivity index is 1.83. The van der Waals surface area contributed by atoms with Gasteiger partial charge in [0, 0.05) is 0 Å². The second-order valence-corrected chi connectivity index (χ2v) is 4.61. The summed E-state index contributed by atoms with van der Waals surface area (Å²) < 4.78 is 0. The molecule has 2 aliphatic carbocycles. The maximum Gasteiger partial charge on any atom is -0.0235 e. The van der Waals surface area contributed by atoms with Crippen LogP contribution in [0.5, 0.6) is 0 Å². The van der Waals surface area contributed by atoms with Crippen LogP contribution in [0.1, 0.15) is 52.4 Å². The van der Waals surface area contributed by atoms with Crippen molar-refractivity contribution in [1.82, 2.24) is 0 Å². The van der Waals surface area contributed by atoms with Crippen molar-refractivity contribution in [3.8, 4) is 0 Å². The first-order chi connectivity index (χ1) is 5.33. The summed E-state index contributed by atoms with van der Waals surface area (Å²) >= 11 is 0. The van der Waals surface area contributed by atoms with E-state index in [1.807, 2.05) is 0 Å². The molecule has 0 spiro atoms. The van der Waals surface area contributed by atoms with Gasteiger partial charge in [0.2, 0.25) is 0 Å². The minimum absolute atomic E-state index is 0.937. The highest BCUT2D eigenvalue weighted by atomic mass is 14.8. The van der Waals surface area contributed by atoms with Crippen LogP contribution in [0.3, 0.4) is 0 Å². The van der Waals surface area contributed by atoms with Gasteiger partial charge in [-0.3, -0.25) is 0 Å². The number of rotatable bonds is 5. The van der Waals surface area contributed by atoms with Crippen molar-refractivity contribution < 1.29 is 0 Å². The van der Waals surface area contributed by atoms with E-state index in [4.69, 9.17) is 0 Å². The largest absolute Gasteiger partial charge is 0.0654 e. The Hall–Kier alpha value is 0. The number of fused-ring (bicyclic) bond motifs is 1. The Labute approximate surface area is 70.4 Å². The molecular weight excluding hydrogens is 132 g/mol. The molecule has 0 N–H and O–H groups in total. The summed E-state index contributed by atoms with van der Waals surface area (Å²) in [4.78, 5) is 0. The lowest BCUT2D eigenvalue weighted by Crippen LogP contribution is -2.07. The van der Waals surface area contributed by atoms with Crippen LogP contribution in [0.25, 0.3) is 0 Å². The van der Waals surface area contributed by atoms with E-state index in [9.17, 15) is 0 Å². The topological polar surface area (TPSA) is 0 Å². The van der Waals surface area contributed by atoms with E-state index in [1.54, 1.807) is 12.8 Å². The molecule has 2 saturated carbocycles. The molecule has 0 aromatic rings. The van der Waals surface area contributed by atoms with E-state index in [1.165, 1.54) is 31.6 Å². The van der Waals surface area contributed by atoms with Gasteiger partial charge < -0.3 is 0 Å². The van der Waals surface area contributed by atoms with Crippen molar-refractivity contribution in [1.29, 1.82) is 0 Å². The van der Waals surface area contributed by atoms with Crippen molar-refractivity contribution in [3.63, 3.8) is 0 Å². The molecule has 0 aromatic heterocycles. The lowest BCUT2D eigenvalue weighted by Gasteiger charge is -2.18. The molecule has 0 nitrogen and oxygen atoms in total. The van der Waals surface area contributed by atoms with Gasteiger partial charge in [-0.25, -0.2) is 0 Å². The quantitative estimate of drug-likeness (QED) is 0.564. The van der Waals surface area contributed by atoms with Gasteiger partial charge in [0.1, 0.15) is 0 Å². The molecule has 0 heterocycles. The maximum atomic E-state index is 2.33. The van der Waals surface area contributed by atoms with Gasteiger partial charge in [-0.2, -0.15) is 0 Å². The van der Waals surface area contributed by atoms with Gasteiger partial charge in [-0.1, -0.05) is 39.5 Å². The highest BCUT2D eigenvalue weighted by Crippen LogP contribution is 2.80. The summed E-state index contributed by atoms with van der Waals surface area (Å²) in [5.41, 5.74) is 0.937. The molecule has 0 unspecified atom stereocenters. The Morgan fingerprint density at radius 3 is 1.91 bits per heavy atom. The molecule has 0 aromatic carbocycles. The average molecular weight is 152 g/mol. The van der Waals surface area contributed by atoms with E-state index in [0.29, 0.717) is 0 Å². The molecule has 0 heteroatoms. The summed E-state index contributed by atoms with van der Waals surface area (Å²) in [5.74, 6) is 2.31. The predicted molar refractivity (Wildman–Crippen MR) is 48.5 cm³/mol. The van der Waals surface area contributed by atoms with Crippen LogP contribution >= 0.6 is 0 Å². The zero-order valence-corrected chi connectivity index (χ0v) is 7.90. The minimum atomic E-state index is 0.937. The zero-order valence-electron chi connectivity index (χ0n) is 7.90. The van der Waals surface area contributed by atoms with Gasteiger partial charge in [-0.05, 0) is 30.1 Å². The van der Waals surface area contributed by atoms with Crippen molar-refractivity contribution in [3.05, 3.63) is 0 Å². The first kappa shape index (κ1) is 7.64. The van der Waals surface area contributed by atoms with Gasteiger partial charge >= 0.3 is 0 Å². The molecule has 64 valence electrons. The minimum Gasteiger partial charge on any atom is -0.0654 e. The van der Waals surface area contributed by atoms with Gasteiger partial charge in [0.15, 0.2) is 0 Å². The highest BCUT2D eigenvalue weighted by Gasteiger charge is 2.71. The summed E-state index contributed by atoms with van der Waals surface area (Å²) in [5, 5.41) is 0. The van der Waals surface area contributed by atoms with E-state index >= 15 is 0 Å². The molecule has 11 heavy (non-hydrogen) atoms. The maximum absolute atomic E-state index is 2.33. The van der Waals surface area contributed by atoms with E-state index < -0.39 is 0 Å². The third-order valence-corrected chi connectivity index (χ3v) is 3.83. The SMILES string of the molecule is CCCC(CCC)C12CC1C2. The summed E-state index contributed by atoms with van der Waals surface area (Å²) in [6.07, 6.45) is 9.00. The van der Waals surface area contributed by atoms with E-state index in [2.05, 4.69) is 13.8 Å². The second-order valence-electron chi connectivity index (χ2n) is 4.61. The predicted octanol–water partition coefficient (Wildman–Crippen LogP) is 3.61. The normalized spacial score (nSPS) is 39.0. The smallest absolute Gasteiger partial charge is 0.0235 e. The standard InChI is InChI=1S/C11H20/c1-3-5-9(6-4-2)11-7-10(11)8-11/h9-10H,3-8H2,1-2H3. The first-order valence-electron chi connectivity index (χ1n) is 5.33. The second kappa shape index (κ2) is 2.50. The Morgan fingerprint density at radius 1 is 1.18 bits per heavy atom. The summed E-state index contributed by atoms with van der Waals surface area (Å²) in [7, 11) is 0. The van der Waals surface area contributed by atoms with Crippen LogP contribution in [0.4, 0.5) is 0 Å². The van der Waals surface area contributed by atoms with Crippen molar-refractivity contribution in [2.45, 2.75) is 52.4 Å². The van der Waals surface area contributed by atoms with Crippen LogP contribution in [0.15, 0.2) is 0 Å².